The first kappa shape index (κ1) is 14.8. The third-order valence-electron chi connectivity index (χ3n) is 4.03. The lowest BCUT2D eigenvalue weighted by Gasteiger charge is -2.35. The van der Waals surface area contributed by atoms with E-state index in [2.05, 4.69) is 50.9 Å². The van der Waals surface area contributed by atoms with Gasteiger partial charge in [-0.15, -0.1) is 0 Å². The van der Waals surface area contributed by atoms with Crippen LogP contribution in [0.4, 0.5) is 5.82 Å². The SMILES string of the molecule is Cc1cc2cc(Br)ccc2nc1N1CCN(CCO)CC1. The summed E-state index contributed by atoms with van der Waals surface area (Å²) in [6, 6.07) is 8.42. The van der Waals surface area contributed by atoms with Crippen molar-refractivity contribution in [2.45, 2.75) is 6.92 Å². The lowest BCUT2D eigenvalue weighted by Crippen LogP contribution is -2.47. The first-order chi connectivity index (χ1) is 10.2. The van der Waals surface area contributed by atoms with Gasteiger partial charge in [0.05, 0.1) is 12.1 Å². The predicted octanol–water partition coefficient (Wildman–Crippen LogP) is 2.42. The van der Waals surface area contributed by atoms with Crippen LogP contribution < -0.4 is 4.90 Å². The molecule has 1 aliphatic heterocycles. The number of hydrogen-bond donors (Lipinski definition) is 1. The highest BCUT2D eigenvalue weighted by Crippen LogP contribution is 2.26. The first-order valence-electron chi connectivity index (χ1n) is 7.32. The van der Waals surface area contributed by atoms with Gasteiger partial charge in [0.2, 0.25) is 0 Å². The fourth-order valence-corrected chi connectivity index (χ4v) is 3.27. The molecule has 1 N–H and O–H groups in total. The fraction of sp³-hybridized carbons (Fsp3) is 0.438. The molecule has 1 saturated heterocycles. The molecule has 2 aromatic rings. The highest BCUT2D eigenvalue weighted by atomic mass is 79.9. The van der Waals surface area contributed by atoms with E-state index in [0.29, 0.717) is 0 Å². The number of halogens is 1. The van der Waals surface area contributed by atoms with Crippen LogP contribution in [0.5, 0.6) is 0 Å². The molecule has 1 fully saturated rings. The maximum absolute atomic E-state index is 9.01. The molecule has 2 heterocycles. The Labute approximate surface area is 133 Å². The van der Waals surface area contributed by atoms with Crippen molar-refractivity contribution in [1.82, 2.24) is 9.88 Å². The number of pyridine rings is 1. The summed E-state index contributed by atoms with van der Waals surface area (Å²) >= 11 is 3.51. The lowest BCUT2D eigenvalue weighted by atomic mass is 10.1. The third kappa shape index (κ3) is 3.20. The second kappa shape index (κ2) is 6.30. The topological polar surface area (TPSA) is 39.6 Å². The van der Waals surface area contributed by atoms with E-state index in [4.69, 9.17) is 10.1 Å². The van der Waals surface area contributed by atoms with Gasteiger partial charge in [-0.3, -0.25) is 4.90 Å². The van der Waals surface area contributed by atoms with Crippen molar-refractivity contribution in [3.63, 3.8) is 0 Å². The molecule has 21 heavy (non-hydrogen) atoms. The summed E-state index contributed by atoms with van der Waals surface area (Å²) in [7, 11) is 0. The average Bonchev–Trinajstić information content (AvgIpc) is 2.48. The number of fused-ring (bicyclic) bond motifs is 1. The minimum atomic E-state index is 0.238. The van der Waals surface area contributed by atoms with Crippen LogP contribution in [0.25, 0.3) is 10.9 Å². The standard InChI is InChI=1S/C16H20BrN3O/c1-12-10-13-11-14(17)2-3-15(13)18-16(12)20-6-4-19(5-7-20)8-9-21/h2-3,10-11,21H,4-9H2,1H3. The third-order valence-corrected chi connectivity index (χ3v) is 4.52. The number of aliphatic hydroxyl groups is 1. The lowest BCUT2D eigenvalue weighted by molar-refractivity contribution is 0.188. The minimum Gasteiger partial charge on any atom is -0.395 e. The highest BCUT2D eigenvalue weighted by molar-refractivity contribution is 9.10. The quantitative estimate of drug-likeness (QED) is 0.923. The number of β-amino-alcohol motifs (C(OH)–C–C–N with tert-alkyl or cyclic N) is 1. The van der Waals surface area contributed by atoms with Crippen LogP contribution in [0.3, 0.4) is 0 Å². The van der Waals surface area contributed by atoms with E-state index < -0.39 is 0 Å². The molecular weight excluding hydrogens is 330 g/mol. The van der Waals surface area contributed by atoms with E-state index in [1.165, 1.54) is 10.9 Å². The minimum absolute atomic E-state index is 0.238. The Morgan fingerprint density at radius 1 is 1.19 bits per heavy atom. The van der Waals surface area contributed by atoms with Gasteiger partial charge in [0.25, 0.3) is 0 Å². The van der Waals surface area contributed by atoms with E-state index in [0.717, 1.165) is 48.5 Å². The van der Waals surface area contributed by atoms with E-state index in [9.17, 15) is 0 Å². The number of rotatable bonds is 3. The summed E-state index contributed by atoms with van der Waals surface area (Å²) in [6.45, 7) is 7.04. The zero-order valence-corrected chi connectivity index (χ0v) is 13.8. The number of anilines is 1. The van der Waals surface area contributed by atoms with E-state index in [1.54, 1.807) is 0 Å². The van der Waals surface area contributed by atoms with Gasteiger partial charge in [-0.25, -0.2) is 4.98 Å². The van der Waals surface area contributed by atoms with Crippen LogP contribution in [0.1, 0.15) is 5.56 Å². The molecule has 3 rings (SSSR count). The van der Waals surface area contributed by atoms with Gasteiger partial charge in [0.1, 0.15) is 5.82 Å². The second-order valence-corrected chi connectivity index (χ2v) is 6.43. The Bertz CT molecular complexity index is 639. The molecule has 0 amide bonds. The average molecular weight is 350 g/mol. The van der Waals surface area contributed by atoms with Gasteiger partial charge in [-0.05, 0) is 36.8 Å². The number of nitrogens with zero attached hydrogens (tertiary/aromatic N) is 3. The van der Waals surface area contributed by atoms with Crippen LogP contribution in [0.2, 0.25) is 0 Å². The maximum Gasteiger partial charge on any atom is 0.132 e. The van der Waals surface area contributed by atoms with Crippen LogP contribution in [-0.4, -0.2) is 54.3 Å². The number of benzene rings is 1. The van der Waals surface area contributed by atoms with Gasteiger partial charge < -0.3 is 10.0 Å². The summed E-state index contributed by atoms with van der Waals surface area (Å²) in [4.78, 5) is 9.50. The van der Waals surface area contributed by atoms with Gasteiger partial charge in [-0.1, -0.05) is 15.9 Å². The smallest absolute Gasteiger partial charge is 0.132 e. The highest BCUT2D eigenvalue weighted by Gasteiger charge is 2.19. The van der Waals surface area contributed by atoms with Crippen molar-refractivity contribution >= 4 is 32.7 Å². The van der Waals surface area contributed by atoms with E-state index >= 15 is 0 Å². The summed E-state index contributed by atoms with van der Waals surface area (Å²) < 4.78 is 1.08. The monoisotopic (exact) mass is 349 g/mol. The number of hydrogen-bond acceptors (Lipinski definition) is 4. The molecule has 0 atom stereocenters. The normalized spacial score (nSPS) is 16.6. The van der Waals surface area contributed by atoms with Crippen LogP contribution in [0, 0.1) is 6.92 Å². The zero-order chi connectivity index (χ0) is 14.8. The Morgan fingerprint density at radius 2 is 1.95 bits per heavy atom. The molecule has 0 saturated carbocycles. The van der Waals surface area contributed by atoms with E-state index in [1.807, 2.05) is 6.07 Å². The van der Waals surface area contributed by atoms with Crippen LogP contribution >= 0.6 is 15.9 Å². The largest absolute Gasteiger partial charge is 0.395 e. The van der Waals surface area contributed by atoms with Crippen molar-refractivity contribution in [3.8, 4) is 0 Å². The van der Waals surface area contributed by atoms with Crippen molar-refractivity contribution in [2.75, 3.05) is 44.2 Å². The Hall–Kier alpha value is -1.17. The Balaban J connectivity index is 1.84. The number of piperazine rings is 1. The van der Waals surface area contributed by atoms with Crippen molar-refractivity contribution in [2.24, 2.45) is 0 Å². The summed E-state index contributed by atoms with van der Waals surface area (Å²) in [5.74, 6) is 1.09. The number of aryl methyl sites for hydroxylation is 1. The van der Waals surface area contributed by atoms with Crippen molar-refractivity contribution in [3.05, 3.63) is 34.3 Å². The maximum atomic E-state index is 9.01. The van der Waals surface area contributed by atoms with E-state index in [-0.39, 0.29) is 6.61 Å². The first-order valence-corrected chi connectivity index (χ1v) is 8.12. The molecule has 0 radical (unpaired) electrons. The summed E-state index contributed by atoms with van der Waals surface area (Å²) in [5.41, 5.74) is 2.26. The molecular formula is C16H20BrN3O. The molecule has 0 bridgehead atoms. The molecule has 4 nitrogen and oxygen atoms in total. The predicted molar refractivity (Wildman–Crippen MR) is 89.9 cm³/mol. The van der Waals surface area contributed by atoms with Gasteiger partial charge >= 0.3 is 0 Å². The molecule has 1 aromatic carbocycles. The molecule has 0 spiro atoms. The number of aromatic nitrogens is 1. The Kier molecular flexibility index (Phi) is 4.42. The fourth-order valence-electron chi connectivity index (χ4n) is 2.89. The molecule has 0 unspecified atom stereocenters. The molecule has 0 aliphatic carbocycles. The Morgan fingerprint density at radius 3 is 2.67 bits per heavy atom. The van der Waals surface area contributed by atoms with Crippen LogP contribution in [0.15, 0.2) is 28.7 Å². The zero-order valence-electron chi connectivity index (χ0n) is 12.2. The van der Waals surface area contributed by atoms with Crippen LogP contribution in [-0.2, 0) is 0 Å². The molecule has 1 aliphatic rings. The summed E-state index contributed by atoms with van der Waals surface area (Å²) in [6.07, 6.45) is 0. The molecule has 112 valence electrons. The van der Waals surface area contributed by atoms with Crippen molar-refractivity contribution in [1.29, 1.82) is 0 Å². The molecule has 5 heteroatoms. The van der Waals surface area contributed by atoms with Gasteiger partial charge in [0.15, 0.2) is 0 Å². The van der Waals surface area contributed by atoms with Gasteiger partial charge in [0, 0.05) is 42.6 Å². The van der Waals surface area contributed by atoms with Gasteiger partial charge in [-0.2, -0.15) is 0 Å². The number of aliphatic hydroxyl groups excluding tert-OH is 1. The summed E-state index contributed by atoms with van der Waals surface area (Å²) in [5, 5.41) is 10.2. The second-order valence-electron chi connectivity index (χ2n) is 5.52. The van der Waals surface area contributed by atoms with Crippen molar-refractivity contribution < 1.29 is 5.11 Å². The molecule has 1 aromatic heterocycles.